The van der Waals surface area contributed by atoms with Gasteiger partial charge < -0.3 is 15.7 Å². The molecule has 1 aliphatic rings. The van der Waals surface area contributed by atoms with Crippen LogP contribution in [0, 0.1) is 5.41 Å². The van der Waals surface area contributed by atoms with Crippen LogP contribution < -0.4 is 5.73 Å². The summed E-state index contributed by atoms with van der Waals surface area (Å²) < 4.78 is 1.48. The molecule has 5 N–H and O–H groups in total. The number of hydrogen-bond acceptors (Lipinski definition) is 6. The van der Waals surface area contributed by atoms with Crippen LogP contribution in [0.2, 0.25) is 0 Å². The molecule has 0 bridgehead atoms. The van der Waals surface area contributed by atoms with Crippen LogP contribution >= 0.6 is 0 Å². The lowest BCUT2D eigenvalue weighted by Crippen LogP contribution is -2.41. The third-order valence-electron chi connectivity index (χ3n) is 6.03. The van der Waals surface area contributed by atoms with Gasteiger partial charge in [-0.05, 0) is 24.0 Å². The maximum Gasteiger partial charge on any atom is 0.369 e. The summed E-state index contributed by atoms with van der Waals surface area (Å²) in [6.07, 6.45) is 9.09. The van der Waals surface area contributed by atoms with Crippen molar-refractivity contribution in [3.05, 3.63) is 60.2 Å². The van der Waals surface area contributed by atoms with Crippen LogP contribution in [0.25, 0.3) is 11.1 Å². The Labute approximate surface area is 191 Å². The summed E-state index contributed by atoms with van der Waals surface area (Å²) in [4.78, 5) is 25.8. The molecule has 0 aliphatic heterocycles. The lowest BCUT2D eigenvalue weighted by atomic mass is 9.63. The molecule has 0 atom stereocenters. The van der Waals surface area contributed by atoms with Crippen molar-refractivity contribution in [2.45, 2.75) is 31.2 Å². The highest BCUT2D eigenvalue weighted by atomic mass is 16.3. The van der Waals surface area contributed by atoms with Crippen molar-refractivity contribution >= 4 is 23.6 Å². The van der Waals surface area contributed by atoms with E-state index in [0.29, 0.717) is 5.56 Å². The highest BCUT2D eigenvalue weighted by molar-refractivity contribution is 6.04. The standard InChI is InChI=1S/C23H26N8O2/c1-30(2)19(32)14-31-13-17(12-28-31)20(33)29-21(24)23(8-3-9-23)18-6-4-15(5-7-18)16-10-26-22(25)27-11-16/h4-7,10-13H,3,8-9,14H2,1-2H3,(H2,24,29,33)(H2,25,26,27)/p+1. The number of aromatic nitrogens is 4. The van der Waals surface area contributed by atoms with E-state index >= 15 is 0 Å². The van der Waals surface area contributed by atoms with Gasteiger partial charge in [-0.25, -0.2) is 9.97 Å². The minimum Gasteiger partial charge on any atom is -0.578 e. The number of amides is 1. The van der Waals surface area contributed by atoms with Gasteiger partial charge in [0, 0.05) is 38.2 Å². The monoisotopic (exact) mass is 447 g/mol. The first kappa shape index (κ1) is 22.1. The first-order valence-electron chi connectivity index (χ1n) is 10.6. The number of rotatable bonds is 6. The van der Waals surface area contributed by atoms with Gasteiger partial charge in [0.2, 0.25) is 11.9 Å². The number of likely N-dealkylation sites (N-methyl/N-ethyl adjacent to an activating group) is 1. The van der Waals surface area contributed by atoms with Gasteiger partial charge in [0.15, 0.2) is 0 Å². The number of carbonyl (C=O) groups is 1. The topological polar surface area (TPSA) is 149 Å². The highest BCUT2D eigenvalue weighted by Crippen LogP contribution is 2.45. The molecule has 10 heteroatoms. The van der Waals surface area contributed by atoms with Gasteiger partial charge in [0.05, 0.1) is 11.6 Å². The summed E-state index contributed by atoms with van der Waals surface area (Å²) >= 11 is 0. The summed E-state index contributed by atoms with van der Waals surface area (Å²) in [5.74, 6) is 0.268. The Hall–Kier alpha value is -4.08. The minimum absolute atomic E-state index is 0.0366. The van der Waals surface area contributed by atoms with Crippen molar-refractivity contribution in [3.8, 4) is 11.1 Å². The van der Waals surface area contributed by atoms with Gasteiger partial charge in [-0.1, -0.05) is 30.7 Å². The van der Waals surface area contributed by atoms with E-state index in [4.69, 9.17) is 16.2 Å². The van der Waals surface area contributed by atoms with Gasteiger partial charge in [-0.3, -0.25) is 14.9 Å². The molecule has 0 unspecified atom stereocenters. The van der Waals surface area contributed by atoms with Crippen LogP contribution in [0.15, 0.2) is 54.0 Å². The maximum atomic E-state index is 11.9. The van der Waals surface area contributed by atoms with E-state index in [-0.39, 0.29) is 30.1 Å². The number of nitrogen functional groups attached to an aromatic ring is 1. The summed E-state index contributed by atoms with van der Waals surface area (Å²) in [7, 11) is 3.36. The largest absolute Gasteiger partial charge is 0.578 e. The van der Waals surface area contributed by atoms with Crippen LogP contribution in [0.3, 0.4) is 0 Å². The Morgan fingerprint density at radius 3 is 2.42 bits per heavy atom. The molecule has 0 saturated heterocycles. The number of hydrogen-bond donors (Lipinski definition) is 2. The second-order valence-electron chi connectivity index (χ2n) is 8.37. The van der Waals surface area contributed by atoms with E-state index in [1.165, 1.54) is 15.8 Å². The fourth-order valence-corrected chi connectivity index (χ4v) is 3.80. The van der Waals surface area contributed by atoms with Crippen molar-refractivity contribution in [2.24, 2.45) is 4.99 Å². The van der Waals surface area contributed by atoms with Gasteiger partial charge >= 0.3 is 5.90 Å². The molecular weight excluding hydrogens is 420 g/mol. The van der Waals surface area contributed by atoms with E-state index in [9.17, 15) is 4.79 Å². The van der Waals surface area contributed by atoms with E-state index in [1.54, 1.807) is 32.7 Å². The molecule has 2 heterocycles. The average molecular weight is 448 g/mol. The van der Waals surface area contributed by atoms with Crippen molar-refractivity contribution in [1.82, 2.24) is 24.6 Å². The van der Waals surface area contributed by atoms with Gasteiger partial charge in [-0.15, -0.1) is 4.99 Å². The Kier molecular flexibility index (Phi) is 5.91. The summed E-state index contributed by atoms with van der Waals surface area (Å²) in [6.45, 7) is 0.0903. The summed E-state index contributed by atoms with van der Waals surface area (Å²) in [5, 5.41) is 21.2. The predicted molar refractivity (Wildman–Crippen MR) is 126 cm³/mol. The first-order chi connectivity index (χ1) is 15.8. The molecule has 1 aromatic carbocycles. The Morgan fingerprint density at radius 1 is 1.18 bits per heavy atom. The second kappa shape index (κ2) is 8.81. The molecule has 1 saturated carbocycles. The number of nitrogens with two attached hydrogens (primary N) is 1. The zero-order valence-corrected chi connectivity index (χ0v) is 18.6. The van der Waals surface area contributed by atoms with E-state index in [1.807, 2.05) is 24.3 Å². The zero-order chi connectivity index (χ0) is 23.6. The number of carbonyl (C=O) groups excluding carboxylic acids is 1. The van der Waals surface area contributed by atoms with Crippen LogP contribution in [-0.2, 0) is 16.8 Å². The van der Waals surface area contributed by atoms with Crippen molar-refractivity contribution in [3.63, 3.8) is 0 Å². The van der Waals surface area contributed by atoms with E-state index in [2.05, 4.69) is 20.1 Å². The number of anilines is 1. The van der Waals surface area contributed by atoms with Crippen molar-refractivity contribution < 1.29 is 9.90 Å². The van der Waals surface area contributed by atoms with Crippen LogP contribution in [0.1, 0.15) is 30.4 Å². The summed E-state index contributed by atoms with van der Waals surface area (Å²) in [5.41, 5.74) is 8.37. The average Bonchev–Trinajstić information content (AvgIpc) is 3.22. The zero-order valence-electron chi connectivity index (χ0n) is 18.6. The lowest BCUT2D eigenvalue weighted by molar-refractivity contribution is -0.129. The highest BCUT2D eigenvalue weighted by Gasteiger charge is 2.43. The molecule has 10 nitrogen and oxygen atoms in total. The normalized spacial score (nSPS) is 15.0. The lowest BCUT2D eigenvalue weighted by Gasteiger charge is -2.41. The number of aliphatic imine (C=N–C) groups is 1. The molecule has 0 spiro atoms. The SMILES string of the molecule is CN(C)C(=O)Cn1cc(C([OH2+])=NC(=N)C2(c3ccc(-c4cnc(N)nc4)cc3)CCC2)cn1. The fraction of sp³-hybridized carbons (Fsp3) is 0.304. The minimum atomic E-state index is -0.501. The Bertz CT molecular complexity index is 1190. The van der Waals surface area contributed by atoms with Crippen molar-refractivity contribution in [1.29, 1.82) is 5.41 Å². The molecule has 3 aromatic rings. The third-order valence-corrected chi connectivity index (χ3v) is 6.03. The Balaban J connectivity index is 1.53. The molecule has 2 aromatic heterocycles. The predicted octanol–water partition coefficient (Wildman–Crippen LogP) is 1.58. The smallest absolute Gasteiger partial charge is 0.369 e. The van der Waals surface area contributed by atoms with Crippen LogP contribution in [0.4, 0.5) is 5.95 Å². The van der Waals surface area contributed by atoms with E-state index in [0.717, 1.165) is 36.0 Å². The van der Waals surface area contributed by atoms with Crippen molar-refractivity contribution in [2.75, 3.05) is 19.8 Å². The Morgan fingerprint density at radius 2 is 1.85 bits per heavy atom. The second-order valence-corrected chi connectivity index (χ2v) is 8.37. The molecule has 4 rings (SSSR count). The van der Waals surface area contributed by atoms with Gasteiger partial charge in [0.1, 0.15) is 17.9 Å². The van der Waals surface area contributed by atoms with Gasteiger partial charge in [-0.2, -0.15) is 5.10 Å². The first-order valence-corrected chi connectivity index (χ1v) is 10.6. The molecule has 1 aliphatic carbocycles. The maximum absolute atomic E-state index is 11.9. The molecule has 170 valence electrons. The van der Waals surface area contributed by atoms with Crippen LogP contribution in [-0.4, -0.2) is 61.5 Å². The third kappa shape index (κ3) is 4.45. The number of amidine groups is 1. The molecule has 1 fully saturated rings. The van der Waals surface area contributed by atoms with Gasteiger partial charge in [0.25, 0.3) is 0 Å². The number of nitrogens with zero attached hydrogens (tertiary/aromatic N) is 6. The number of benzene rings is 1. The van der Waals surface area contributed by atoms with Crippen LogP contribution in [0.5, 0.6) is 0 Å². The van der Waals surface area contributed by atoms with E-state index < -0.39 is 5.41 Å². The summed E-state index contributed by atoms with van der Waals surface area (Å²) in [6, 6.07) is 7.97. The fourth-order valence-electron chi connectivity index (χ4n) is 3.80. The quantitative estimate of drug-likeness (QED) is 0.334. The molecule has 0 radical (unpaired) electrons. The molecule has 1 amide bonds. The number of nitrogens with one attached hydrogen (secondary N) is 1. The molecule has 33 heavy (non-hydrogen) atoms. The molecular formula is C23H27N8O2+.